The maximum Gasteiger partial charge on any atom is 0.347 e. The van der Waals surface area contributed by atoms with Gasteiger partial charge in [0.2, 0.25) is 0 Å². The van der Waals surface area contributed by atoms with Gasteiger partial charge in [-0.3, -0.25) is 0 Å². The van der Waals surface area contributed by atoms with Gasteiger partial charge in [-0.25, -0.2) is 9.78 Å². The lowest BCUT2D eigenvalue weighted by Gasteiger charge is -2.28. The molecule has 21 heavy (non-hydrogen) atoms. The summed E-state index contributed by atoms with van der Waals surface area (Å²) in [7, 11) is 1.54. The fraction of sp³-hybridized carbons (Fsp3) is 0.333. The number of hydrogen-bond acceptors (Lipinski definition) is 5. The summed E-state index contributed by atoms with van der Waals surface area (Å²) in [5, 5.41) is 10.0. The van der Waals surface area contributed by atoms with E-state index >= 15 is 0 Å². The summed E-state index contributed by atoms with van der Waals surface area (Å²) in [6, 6.07) is 8.21. The van der Waals surface area contributed by atoms with Gasteiger partial charge in [0.05, 0.1) is 12.3 Å². The zero-order valence-corrected chi connectivity index (χ0v) is 12.5. The number of nitrogens with zero attached hydrogens (tertiary/aromatic N) is 2. The molecule has 110 valence electrons. The van der Waals surface area contributed by atoms with E-state index in [9.17, 15) is 9.90 Å². The highest BCUT2D eigenvalue weighted by atomic mass is 32.1. The largest absolute Gasteiger partial charge is 0.477 e. The second-order valence-electron chi connectivity index (χ2n) is 4.89. The van der Waals surface area contributed by atoms with Crippen LogP contribution in [0.25, 0.3) is 0 Å². The number of benzene rings is 1. The molecule has 0 saturated heterocycles. The highest BCUT2D eigenvalue weighted by Crippen LogP contribution is 2.36. The third-order valence-corrected chi connectivity index (χ3v) is 4.61. The van der Waals surface area contributed by atoms with Gasteiger partial charge in [0, 0.05) is 19.3 Å². The normalized spacial score (nSPS) is 14.0. The van der Waals surface area contributed by atoms with Crippen LogP contribution in [0.4, 0.5) is 10.8 Å². The summed E-state index contributed by atoms with van der Waals surface area (Å²) >= 11 is 1.21. The van der Waals surface area contributed by atoms with Gasteiger partial charge in [0.1, 0.15) is 4.88 Å². The Balaban J connectivity index is 2.02. The minimum absolute atomic E-state index is 0.216. The summed E-state index contributed by atoms with van der Waals surface area (Å²) in [4.78, 5) is 18.2. The van der Waals surface area contributed by atoms with Gasteiger partial charge in [-0.05, 0) is 24.5 Å². The van der Waals surface area contributed by atoms with E-state index in [1.54, 1.807) is 7.11 Å². The molecule has 1 aromatic heterocycles. The summed E-state index contributed by atoms with van der Waals surface area (Å²) in [6.45, 7) is 1.07. The zero-order chi connectivity index (χ0) is 14.8. The van der Waals surface area contributed by atoms with Crippen LogP contribution in [0.1, 0.15) is 27.3 Å². The van der Waals surface area contributed by atoms with Gasteiger partial charge < -0.3 is 14.7 Å². The SMILES string of the molecule is COCc1nc(N2CCCc3ccccc32)sc1C(=O)O. The lowest BCUT2D eigenvalue weighted by molar-refractivity contribution is 0.0697. The summed E-state index contributed by atoms with van der Waals surface area (Å²) in [6.07, 6.45) is 2.09. The standard InChI is InChI=1S/C15H16N2O3S/c1-20-9-11-13(14(18)19)21-15(16-11)17-8-4-6-10-5-2-3-7-12(10)17/h2-3,5,7H,4,6,8-9H2,1H3,(H,18,19). The topological polar surface area (TPSA) is 62.7 Å². The monoisotopic (exact) mass is 304 g/mol. The Bertz CT molecular complexity index is 669. The molecule has 2 aromatic rings. The van der Waals surface area contributed by atoms with Gasteiger partial charge in [-0.1, -0.05) is 29.5 Å². The number of carboxylic acids is 1. The number of anilines is 2. The number of thiazole rings is 1. The average molecular weight is 304 g/mol. The van der Waals surface area contributed by atoms with Crippen molar-refractivity contribution in [3.05, 3.63) is 40.4 Å². The summed E-state index contributed by atoms with van der Waals surface area (Å²) in [5.41, 5.74) is 2.90. The number of aromatic nitrogens is 1. The molecule has 1 aliphatic heterocycles. The number of aromatic carboxylic acids is 1. The Morgan fingerprint density at radius 3 is 3.05 bits per heavy atom. The fourth-order valence-electron chi connectivity index (χ4n) is 2.59. The van der Waals surface area contributed by atoms with E-state index in [0.717, 1.165) is 30.2 Å². The average Bonchev–Trinajstić information content (AvgIpc) is 2.91. The van der Waals surface area contributed by atoms with Crippen molar-refractivity contribution in [2.75, 3.05) is 18.6 Å². The van der Waals surface area contributed by atoms with Gasteiger partial charge in [-0.2, -0.15) is 0 Å². The highest BCUT2D eigenvalue weighted by molar-refractivity contribution is 7.17. The van der Waals surface area contributed by atoms with Crippen LogP contribution < -0.4 is 4.90 Å². The number of carboxylic acid groups (broad SMARTS) is 1. The fourth-order valence-corrected chi connectivity index (χ4v) is 3.54. The first-order valence-corrected chi connectivity index (χ1v) is 7.59. The van der Waals surface area contributed by atoms with Crippen LogP contribution in [0.15, 0.2) is 24.3 Å². The van der Waals surface area contributed by atoms with Crippen molar-refractivity contribution >= 4 is 28.1 Å². The van der Waals surface area contributed by atoms with Gasteiger partial charge in [0.15, 0.2) is 5.13 Å². The minimum atomic E-state index is -0.948. The van der Waals surface area contributed by atoms with E-state index in [2.05, 4.69) is 22.0 Å². The first kappa shape index (κ1) is 14.0. The molecule has 1 aromatic carbocycles. The van der Waals surface area contributed by atoms with Crippen LogP contribution in [0.5, 0.6) is 0 Å². The van der Waals surface area contributed by atoms with Gasteiger partial charge >= 0.3 is 5.97 Å². The Labute approximate surface area is 126 Å². The van der Waals surface area contributed by atoms with Crippen molar-refractivity contribution in [1.82, 2.24) is 4.98 Å². The van der Waals surface area contributed by atoms with E-state index in [4.69, 9.17) is 4.74 Å². The van der Waals surface area contributed by atoms with Gasteiger partial charge in [0.25, 0.3) is 0 Å². The maximum atomic E-state index is 11.3. The molecule has 2 heterocycles. The molecule has 6 heteroatoms. The van der Waals surface area contributed by atoms with Crippen LogP contribution in [0, 0.1) is 0 Å². The third kappa shape index (κ3) is 2.64. The number of rotatable bonds is 4. The zero-order valence-electron chi connectivity index (χ0n) is 11.7. The number of fused-ring (bicyclic) bond motifs is 1. The first-order chi connectivity index (χ1) is 10.2. The number of para-hydroxylation sites is 1. The van der Waals surface area contributed by atoms with Crippen molar-refractivity contribution in [3.63, 3.8) is 0 Å². The number of hydrogen-bond donors (Lipinski definition) is 1. The lowest BCUT2D eigenvalue weighted by atomic mass is 10.0. The van der Waals surface area contributed by atoms with Crippen molar-refractivity contribution in [2.24, 2.45) is 0 Å². The molecule has 0 amide bonds. The molecule has 0 saturated carbocycles. The van der Waals surface area contributed by atoms with E-state index in [0.29, 0.717) is 5.69 Å². The third-order valence-electron chi connectivity index (χ3n) is 3.50. The van der Waals surface area contributed by atoms with E-state index in [1.807, 2.05) is 12.1 Å². The van der Waals surface area contributed by atoms with Crippen molar-refractivity contribution < 1.29 is 14.6 Å². The molecule has 5 nitrogen and oxygen atoms in total. The Morgan fingerprint density at radius 1 is 1.48 bits per heavy atom. The molecule has 0 atom stereocenters. The predicted molar refractivity (Wildman–Crippen MR) is 81.6 cm³/mol. The lowest BCUT2D eigenvalue weighted by Crippen LogP contribution is -2.24. The Morgan fingerprint density at radius 2 is 2.29 bits per heavy atom. The molecule has 1 N–H and O–H groups in total. The number of ether oxygens (including phenoxy) is 1. The van der Waals surface area contributed by atoms with Crippen molar-refractivity contribution in [2.45, 2.75) is 19.4 Å². The van der Waals surface area contributed by atoms with Crippen molar-refractivity contribution in [3.8, 4) is 0 Å². The smallest absolute Gasteiger partial charge is 0.347 e. The molecular formula is C15H16N2O3S. The minimum Gasteiger partial charge on any atom is -0.477 e. The maximum absolute atomic E-state index is 11.3. The van der Waals surface area contributed by atoms with E-state index in [1.165, 1.54) is 16.9 Å². The number of aryl methyl sites for hydroxylation is 1. The number of methoxy groups -OCH3 is 1. The quantitative estimate of drug-likeness (QED) is 0.940. The highest BCUT2D eigenvalue weighted by Gasteiger charge is 2.24. The summed E-state index contributed by atoms with van der Waals surface area (Å²) in [5.74, 6) is -0.948. The van der Waals surface area contributed by atoms with E-state index < -0.39 is 5.97 Å². The van der Waals surface area contributed by atoms with Crippen LogP contribution in [0.3, 0.4) is 0 Å². The Kier molecular flexibility index (Phi) is 3.90. The molecule has 0 spiro atoms. The van der Waals surface area contributed by atoms with Crippen molar-refractivity contribution in [1.29, 1.82) is 0 Å². The molecule has 0 aliphatic carbocycles. The molecule has 0 fully saturated rings. The first-order valence-electron chi connectivity index (χ1n) is 6.78. The molecule has 0 unspecified atom stereocenters. The van der Waals surface area contributed by atoms with E-state index in [-0.39, 0.29) is 11.5 Å². The Hall–Kier alpha value is -1.92. The second-order valence-corrected chi connectivity index (χ2v) is 5.87. The van der Waals surface area contributed by atoms with Crippen LogP contribution in [0.2, 0.25) is 0 Å². The molecule has 1 aliphatic rings. The molecule has 3 rings (SSSR count). The molecular weight excluding hydrogens is 288 g/mol. The van der Waals surface area contributed by atoms with Crippen LogP contribution in [-0.2, 0) is 17.8 Å². The van der Waals surface area contributed by atoms with Gasteiger partial charge in [-0.15, -0.1) is 0 Å². The molecule has 0 bridgehead atoms. The predicted octanol–water partition coefficient (Wildman–Crippen LogP) is 3.07. The summed E-state index contributed by atoms with van der Waals surface area (Å²) < 4.78 is 5.05. The number of carbonyl (C=O) groups is 1. The second kappa shape index (κ2) is 5.83. The van der Waals surface area contributed by atoms with Crippen LogP contribution >= 0.6 is 11.3 Å². The molecule has 0 radical (unpaired) electrons. The van der Waals surface area contributed by atoms with Crippen LogP contribution in [-0.4, -0.2) is 29.7 Å².